The molecule has 1 aliphatic rings. The van der Waals surface area contributed by atoms with E-state index in [0.29, 0.717) is 10.8 Å². The normalized spacial score (nSPS) is 14.1. The maximum atomic E-state index is 12.4. The van der Waals surface area contributed by atoms with E-state index in [1.54, 1.807) is 23.4 Å². The third-order valence-electron chi connectivity index (χ3n) is 3.73. The summed E-state index contributed by atoms with van der Waals surface area (Å²) < 4.78 is 15.2. The molecule has 0 spiro atoms. The Morgan fingerprint density at radius 3 is 2.48 bits per heavy atom. The minimum atomic E-state index is -0.644. The topological polar surface area (TPSA) is 90.9 Å². The minimum Gasteiger partial charge on any atom is -0.466 e. The summed E-state index contributed by atoms with van der Waals surface area (Å²) in [5, 5.41) is 0.555. The second-order valence-corrected chi connectivity index (χ2v) is 6.33. The molecule has 0 fully saturated rings. The van der Waals surface area contributed by atoms with Crippen LogP contribution in [-0.2, 0) is 23.8 Å². The Morgan fingerprint density at radius 2 is 1.78 bits per heavy atom. The number of carbonyl (C=O) groups is 2. The smallest absolute Gasteiger partial charge is 0.355 e. The summed E-state index contributed by atoms with van der Waals surface area (Å²) in [4.78, 5) is 35.4. The van der Waals surface area contributed by atoms with Crippen molar-refractivity contribution in [2.45, 2.75) is 10.1 Å². The van der Waals surface area contributed by atoms with Crippen molar-refractivity contribution in [3.63, 3.8) is 0 Å². The Balaban J connectivity index is 2.06. The number of methoxy groups -OCH3 is 2. The van der Waals surface area contributed by atoms with Crippen LogP contribution in [0.2, 0.25) is 0 Å². The lowest BCUT2D eigenvalue weighted by atomic mass is 10.1. The average Bonchev–Trinajstić information content (AvgIpc) is 2.73. The molecule has 0 bridgehead atoms. The van der Waals surface area contributed by atoms with Gasteiger partial charge in [-0.1, -0.05) is 12.1 Å². The molecule has 0 saturated carbocycles. The van der Waals surface area contributed by atoms with Crippen LogP contribution in [0.15, 0.2) is 64.0 Å². The zero-order chi connectivity index (χ0) is 19.2. The molecular formula is C18H17N3O5S. The number of ether oxygens (including phenoxy) is 3. The molecule has 0 radical (unpaired) electrons. The van der Waals surface area contributed by atoms with Gasteiger partial charge in [0, 0.05) is 17.3 Å². The first-order valence-electron chi connectivity index (χ1n) is 7.94. The molecule has 27 heavy (non-hydrogen) atoms. The third kappa shape index (κ3) is 4.09. The van der Waals surface area contributed by atoms with Gasteiger partial charge in [0.05, 0.1) is 32.1 Å². The van der Waals surface area contributed by atoms with Crippen LogP contribution >= 0.6 is 11.8 Å². The zero-order valence-corrected chi connectivity index (χ0v) is 15.6. The second kappa shape index (κ2) is 8.65. The highest BCUT2D eigenvalue weighted by atomic mass is 32.2. The summed E-state index contributed by atoms with van der Waals surface area (Å²) in [6.07, 6.45) is 3.30. The summed E-state index contributed by atoms with van der Waals surface area (Å²) in [5.41, 5.74) is 0.862. The molecule has 0 atom stereocenters. The molecule has 9 heteroatoms. The highest BCUT2D eigenvalue weighted by molar-refractivity contribution is 7.99. The number of carbonyl (C=O) groups excluding carboxylic acids is 2. The molecule has 2 heterocycles. The van der Waals surface area contributed by atoms with Gasteiger partial charge in [0.1, 0.15) is 12.4 Å². The first-order chi connectivity index (χ1) is 13.2. The van der Waals surface area contributed by atoms with Crippen LogP contribution in [-0.4, -0.2) is 49.5 Å². The highest BCUT2D eigenvalue weighted by Gasteiger charge is 2.33. The number of hydrogen-bond donors (Lipinski definition) is 0. The van der Waals surface area contributed by atoms with Gasteiger partial charge in [-0.25, -0.2) is 19.6 Å². The average molecular weight is 387 g/mol. The fourth-order valence-corrected chi connectivity index (χ4v) is 3.39. The van der Waals surface area contributed by atoms with Crippen LogP contribution in [0.3, 0.4) is 0 Å². The number of nitrogens with zero attached hydrogens (tertiary/aromatic N) is 3. The summed E-state index contributed by atoms with van der Waals surface area (Å²) in [7, 11) is 2.51. The van der Waals surface area contributed by atoms with Crippen molar-refractivity contribution in [3.05, 3.63) is 54.0 Å². The Bertz CT molecular complexity index is 872. The van der Waals surface area contributed by atoms with E-state index >= 15 is 0 Å². The maximum Gasteiger partial charge on any atom is 0.355 e. The first kappa shape index (κ1) is 18.9. The molecule has 0 saturated heterocycles. The monoisotopic (exact) mass is 387 g/mol. The Labute approximate surface area is 160 Å². The van der Waals surface area contributed by atoms with Gasteiger partial charge in [0.2, 0.25) is 0 Å². The highest BCUT2D eigenvalue weighted by Crippen LogP contribution is 2.37. The predicted molar refractivity (Wildman–Crippen MR) is 97.0 cm³/mol. The number of para-hydroxylation sites is 1. The van der Waals surface area contributed by atoms with Crippen LogP contribution in [0.4, 0.5) is 5.69 Å². The zero-order valence-electron chi connectivity index (χ0n) is 14.7. The number of hydrogen-bond acceptors (Lipinski definition) is 9. The molecule has 1 aromatic heterocycles. The van der Waals surface area contributed by atoms with E-state index < -0.39 is 11.9 Å². The fourth-order valence-electron chi connectivity index (χ4n) is 2.54. The molecule has 0 amide bonds. The summed E-state index contributed by atoms with van der Waals surface area (Å²) in [6, 6.07) is 9.11. The molecule has 140 valence electrons. The second-order valence-electron chi connectivity index (χ2n) is 5.32. The van der Waals surface area contributed by atoms with Gasteiger partial charge in [-0.05, 0) is 30.0 Å². The van der Waals surface area contributed by atoms with Gasteiger partial charge >= 0.3 is 11.9 Å². The number of esters is 2. The molecule has 0 aliphatic carbocycles. The third-order valence-corrected chi connectivity index (χ3v) is 4.69. The summed E-state index contributed by atoms with van der Waals surface area (Å²) in [6.45, 7) is 0.0445. The lowest BCUT2D eigenvalue weighted by Gasteiger charge is -2.32. The first-order valence-corrected chi connectivity index (χ1v) is 8.76. The van der Waals surface area contributed by atoms with Crippen LogP contribution in [0.25, 0.3) is 0 Å². The van der Waals surface area contributed by atoms with Crippen molar-refractivity contribution in [3.8, 4) is 0 Å². The van der Waals surface area contributed by atoms with E-state index in [-0.39, 0.29) is 24.6 Å². The number of aromatic nitrogens is 2. The minimum absolute atomic E-state index is 0.0370. The predicted octanol–water partition coefficient (Wildman–Crippen LogP) is 2.02. The summed E-state index contributed by atoms with van der Waals surface area (Å²) in [5.74, 6) is -1.29. The van der Waals surface area contributed by atoms with Crippen LogP contribution in [0, 0.1) is 0 Å². The Hall–Kier alpha value is -2.91. The van der Waals surface area contributed by atoms with Crippen molar-refractivity contribution < 1.29 is 23.8 Å². The SMILES string of the molecule is COC(=O)C1=C(C(=O)OC)N(c2ccccc2Sc2ncccn2)COC1. The van der Waals surface area contributed by atoms with Gasteiger partial charge in [0.15, 0.2) is 5.16 Å². The van der Waals surface area contributed by atoms with Crippen molar-refractivity contribution in [1.82, 2.24) is 9.97 Å². The van der Waals surface area contributed by atoms with E-state index in [9.17, 15) is 9.59 Å². The van der Waals surface area contributed by atoms with Crippen molar-refractivity contribution in [2.24, 2.45) is 0 Å². The van der Waals surface area contributed by atoms with Gasteiger partial charge < -0.3 is 19.1 Å². The molecule has 1 aromatic carbocycles. The van der Waals surface area contributed by atoms with Gasteiger partial charge in [0.25, 0.3) is 0 Å². The van der Waals surface area contributed by atoms with E-state index in [4.69, 9.17) is 14.2 Å². The lowest BCUT2D eigenvalue weighted by molar-refractivity contribution is -0.140. The van der Waals surface area contributed by atoms with Crippen LogP contribution < -0.4 is 4.90 Å². The van der Waals surface area contributed by atoms with Crippen molar-refractivity contribution in [1.29, 1.82) is 0 Å². The molecule has 0 N–H and O–H groups in total. The van der Waals surface area contributed by atoms with E-state index in [1.165, 1.54) is 26.0 Å². The molecule has 1 aliphatic heterocycles. The van der Waals surface area contributed by atoms with E-state index in [0.717, 1.165) is 4.90 Å². The molecule has 0 unspecified atom stereocenters. The largest absolute Gasteiger partial charge is 0.466 e. The lowest BCUT2D eigenvalue weighted by Crippen LogP contribution is -2.39. The van der Waals surface area contributed by atoms with Crippen LogP contribution in [0.1, 0.15) is 0 Å². The standard InChI is InChI=1S/C18H17N3O5S/c1-24-16(22)12-10-26-11-21(15(12)17(23)25-2)13-6-3-4-7-14(13)27-18-19-8-5-9-20-18/h3-9H,10-11H2,1-2H3. The molecule has 2 aromatic rings. The molecule has 3 rings (SSSR count). The fraction of sp³-hybridized carbons (Fsp3) is 0.222. The van der Waals surface area contributed by atoms with Crippen molar-refractivity contribution >= 4 is 29.4 Å². The van der Waals surface area contributed by atoms with Gasteiger partial charge in [-0.2, -0.15) is 0 Å². The number of benzene rings is 1. The van der Waals surface area contributed by atoms with E-state index in [2.05, 4.69) is 9.97 Å². The number of rotatable bonds is 5. The summed E-state index contributed by atoms with van der Waals surface area (Å²) >= 11 is 1.33. The molecular weight excluding hydrogens is 370 g/mol. The number of anilines is 1. The van der Waals surface area contributed by atoms with Crippen LogP contribution in [0.5, 0.6) is 0 Å². The maximum absolute atomic E-state index is 12.4. The van der Waals surface area contributed by atoms with Gasteiger partial charge in [-0.15, -0.1) is 0 Å². The van der Waals surface area contributed by atoms with Gasteiger partial charge in [-0.3, -0.25) is 0 Å². The van der Waals surface area contributed by atoms with E-state index in [1.807, 2.05) is 24.3 Å². The Kier molecular flexibility index (Phi) is 6.05. The quantitative estimate of drug-likeness (QED) is 0.564. The molecule has 8 nitrogen and oxygen atoms in total. The Morgan fingerprint density at radius 1 is 1.07 bits per heavy atom. The van der Waals surface area contributed by atoms with Crippen molar-refractivity contribution in [2.75, 3.05) is 32.5 Å².